The maximum Gasteiger partial charge on any atom is 0.162 e. The van der Waals surface area contributed by atoms with Gasteiger partial charge in [0.15, 0.2) is 11.5 Å². The fourth-order valence-electron chi connectivity index (χ4n) is 3.33. The third kappa shape index (κ3) is 4.94. The molecule has 0 saturated heterocycles. The molecule has 0 saturated carbocycles. The van der Waals surface area contributed by atoms with E-state index in [-0.39, 0.29) is 0 Å². The summed E-state index contributed by atoms with van der Waals surface area (Å²) in [7, 11) is 0. The Bertz CT molecular complexity index is 1190. The Labute approximate surface area is 191 Å². The Kier molecular flexibility index (Phi) is 6.64. The van der Waals surface area contributed by atoms with Gasteiger partial charge in [-0.05, 0) is 74.4 Å². The first-order valence-electron chi connectivity index (χ1n) is 10.4. The van der Waals surface area contributed by atoms with Crippen LogP contribution < -0.4 is 14.8 Å². The number of halogens is 1. The fraction of sp³-hybridized carbons (Fsp3) is 0.240. The van der Waals surface area contributed by atoms with Crippen molar-refractivity contribution in [1.82, 2.24) is 4.98 Å². The fourth-order valence-corrected chi connectivity index (χ4v) is 4.62. The number of aryl methyl sites for hydroxylation is 1. The van der Waals surface area contributed by atoms with Crippen molar-refractivity contribution in [2.45, 2.75) is 27.3 Å². The van der Waals surface area contributed by atoms with E-state index in [1.54, 1.807) is 11.3 Å². The molecule has 3 aromatic carbocycles. The van der Waals surface area contributed by atoms with Crippen LogP contribution in [0, 0.1) is 6.92 Å². The number of benzene rings is 3. The number of nitrogens with one attached hydrogen (secondary N) is 1. The molecule has 1 aromatic heterocycles. The topological polar surface area (TPSA) is 43.4 Å². The van der Waals surface area contributed by atoms with Crippen LogP contribution in [0.5, 0.6) is 11.5 Å². The van der Waals surface area contributed by atoms with Crippen LogP contribution in [0.25, 0.3) is 20.8 Å². The van der Waals surface area contributed by atoms with Crippen LogP contribution in [-0.4, -0.2) is 18.2 Å². The van der Waals surface area contributed by atoms with Gasteiger partial charge in [0.1, 0.15) is 5.01 Å². The molecule has 31 heavy (non-hydrogen) atoms. The summed E-state index contributed by atoms with van der Waals surface area (Å²) in [5.74, 6) is 1.39. The normalized spacial score (nSPS) is 11.0. The number of thiazole rings is 1. The standard InChI is InChI=1S/C25H25ClN2O2S/c1-4-29-22-13-18(20(26)14-23(22)30-5-2)15-27-19-9-7-17(8-10-19)25-28-21-11-6-16(3)12-24(21)31-25/h6-14,27H,4-5,15H2,1-3H3. The van der Waals surface area contributed by atoms with Gasteiger partial charge in [0.05, 0.1) is 23.4 Å². The van der Waals surface area contributed by atoms with Crippen LogP contribution in [0.3, 0.4) is 0 Å². The van der Waals surface area contributed by atoms with E-state index in [2.05, 4.69) is 54.7 Å². The molecule has 0 bridgehead atoms. The van der Waals surface area contributed by atoms with Gasteiger partial charge in [-0.25, -0.2) is 4.98 Å². The third-order valence-electron chi connectivity index (χ3n) is 4.87. The van der Waals surface area contributed by atoms with E-state index >= 15 is 0 Å². The van der Waals surface area contributed by atoms with Crippen LogP contribution in [0.2, 0.25) is 5.02 Å². The second kappa shape index (κ2) is 9.58. The van der Waals surface area contributed by atoms with Crippen LogP contribution in [-0.2, 0) is 6.54 Å². The Balaban J connectivity index is 1.48. The maximum atomic E-state index is 6.48. The molecule has 4 aromatic rings. The van der Waals surface area contributed by atoms with Gasteiger partial charge in [0.2, 0.25) is 0 Å². The van der Waals surface area contributed by atoms with Crippen molar-refractivity contribution < 1.29 is 9.47 Å². The molecular weight excluding hydrogens is 428 g/mol. The highest BCUT2D eigenvalue weighted by molar-refractivity contribution is 7.21. The van der Waals surface area contributed by atoms with E-state index in [4.69, 9.17) is 26.1 Å². The molecule has 0 unspecified atom stereocenters. The number of hydrogen-bond donors (Lipinski definition) is 1. The van der Waals surface area contributed by atoms with Crippen molar-refractivity contribution in [1.29, 1.82) is 0 Å². The van der Waals surface area contributed by atoms with Gasteiger partial charge in [0, 0.05) is 28.9 Å². The van der Waals surface area contributed by atoms with Gasteiger partial charge in [-0.2, -0.15) is 0 Å². The minimum atomic E-state index is 0.564. The Morgan fingerprint density at radius 3 is 2.35 bits per heavy atom. The molecule has 0 aliphatic carbocycles. The Morgan fingerprint density at radius 2 is 1.65 bits per heavy atom. The van der Waals surface area contributed by atoms with E-state index < -0.39 is 0 Å². The zero-order valence-electron chi connectivity index (χ0n) is 17.9. The van der Waals surface area contributed by atoms with E-state index in [1.165, 1.54) is 10.3 Å². The molecule has 1 N–H and O–H groups in total. The quantitative estimate of drug-likeness (QED) is 0.304. The molecule has 160 valence electrons. The third-order valence-corrected chi connectivity index (χ3v) is 6.29. The van der Waals surface area contributed by atoms with Crippen molar-refractivity contribution in [3.8, 4) is 22.1 Å². The minimum Gasteiger partial charge on any atom is -0.490 e. The zero-order chi connectivity index (χ0) is 21.8. The SMILES string of the molecule is CCOc1cc(Cl)c(CNc2ccc(-c3nc4ccc(C)cc4s3)cc2)cc1OCC. The molecule has 0 spiro atoms. The van der Waals surface area contributed by atoms with Crippen molar-refractivity contribution in [3.05, 3.63) is 70.7 Å². The lowest BCUT2D eigenvalue weighted by Crippen LogP contribution is -2.03. The van der Waals surface area contributed by atoms with Gasteiger partial charge in [-0.15, -0.1) is 11.3 Å². The lowest BCUT2D eigenvalue weighted by molar-refractivity contribution is 0.287. The summed E-state index contributed by atoms with van der Waals surface area (Å²) in [4.78, 5) is 4.76. The highest BCUT2D eigenvalue weighted by Crippen LogP contribution is 2.35. The number of aromatic nitrogens is 1. The van der Waals surface area contributed by atoms with E-state index in [1.807, 2.05) is 26.0 Å². The summed E-state index contributed by atoms with van der Waals surface area (Å²) < 4.78 is 12.6. The summed E-state index contributed by atoms with van der Waals surface area (Å²) in [6.45, 7) is 7.73. The maximum absolute atomic E-state index is 6.48. The molecule has 4 nitrogen and oxygen atoms in total. The number of rotatable bonds is 8. The molecule has 0 aliphatic rings. The lowest BCUT2D eigenvalue weighted by atomic mass is 10.1. The van der Waals surface area contributed by atoms with Gasteiger partial charge < -0.3 is 14.8 Å². The first-order valence-corrected chi connectivity index (χ1v) is 11.6. The summed E-state index contributed by atoms with van der Waals surface area (Å²) >= 11 is 8.20. The van der Waals surface area contributed by atoms with Crippen molar-refractivity contribution in [3.63, 3.8) is 0 Å². The molecule has 4 rings (SSSR count). The number of hydrogen-bond acceptors (Lipinski definition) is 5. The van der Waals surface area contributed by atoms with Gasteiger partial charge in [0.25, 0.3) is 0 Å². The number of ether oxygens (including phenoxy) is 2. The first-order chi connectivity index (χ1) is 15.1. The van der Waals surface area contributed by atoms with Crippen molar-refractivity contribution in [2.24, 2.45) is 0 Å². The number of fused-ring (bicyclic) bond motifs is 1. The van der Waals surface area contributed by atoms with Crippen LogP contribution >= 0.6 is 22.9 Å². The minimum absolute atomic E-state index is 0.564. The molecule has 1 heterocycles. The summed E-state index contributed by atoms with van der Waals surface area (Å²) in [5, 5.41) is 5.12. The van der Waals surface area contributed by atoms with Crippen LogP contribution in [0.15, 0.2) is 54.6 Å². The Hall–Kier alpha value is -2.76. The van der Waals surface area contributed by atoms with Crippen LogP contribution in [0.1, 0.15) is 25.0 Å². The molecule has 0 aliphatic heterocycles. The summed E-state index contributed by atoms with van der Waals surface area (Å²) in [6.07, 6.45) is 0. The zero-order valence-corrected chi connectivity index (χ0v) is 19.4. The number of anilines is 1. The molecule has 0 amide bonds. The van der Waals surface area contributed by atoms with Crippen LogP contribution in [0.4, 0.5) is 5.69 Å². The molecule has 0 fully saturated rings. The predicted octanol–water partition coefficient (Wildman–Crippen LogP) is 7.33. The first kappa shape index (κ1) is 21.5. The monoisotopic (exact) mass is 452 g/mol. The molecule has 0 radical (unpaired) electrons. The summed E-state index contributed by atoms with van der Waals surface area (Å²) in [5.41, 5.74) is 5.38. The molecule has 0 atom stereocenters. The second-order valence-corrected chi connectivity index (χ2v) is 8.62. The second-order valence-electron chi connectivity index (χ2n) is 7.18. The predicted molar refractivity (Wildman–Crippen MR) is 131 cm³/mol. The highest BCUT2D eigenvalue weighted by Gasteiger charge is 2.11. The van der Waals surface area contributed by atoms with E-state index in [9.17, 15) is 0 Å². The highest BCUT2D eigenvalue weighted by atomic mass is 35.5. The smallest absolute Gasteiger partial charge is 0.162 e. The lowest BCUT2D eigenvalue weighted by Gasteiger charge is -2.15. The largest absolute Gasteiger partial charge is 0.490 e. The molecular formula is C25H25ClN2O2S. The van der Waals surface area contributed by atoms with E-state index in [0.717, 1.165) is 27.3 Å². The van der Waals surface area contributed by atoms with Crippen molar-refractivity contribution in [2.75, 3.05) is 18.5 Å². The van der Waals surface area contributed by atoms with E-state index in [0.29, 0.717) is 36.3 Å². The van der Waals surface area contributed by atoms with Crippen molar-refractivity contribution >= 4 is 38.8 Å². The average molecular weight is 453 g/mol. The number of nitrogens with zero attached hydrogens (tertiary/aromatic N) is 1. The average Bonchev–Trinajstić information content (AvgIpc) is 3.18. The van der Waals surface area contributed by atoms with Gasteiger partial charge in [-0.3, -0.25) is 0 Å². The van der Waals surface area contributed by atoms with Gasteiger partial charge in [-0.1, -0.05) is 17.7 Å². The summed E-state index contributed by atoms with van der Waals surface area (Å²) in [6, 6.07) is 18.5. The van der Waals surface area contributed by atoms with Gasteiger partial charge >= 0.3 is 0 Å². The molecule has 6 heteroatoms. The Morgan fingerprint density at radius 1 is 0.935 bits per heavy atom.